The summed E-state index contributed by atoms with van der Waals surface area (Å²) in [5, 5.41) is 0. The molecule has 0 aromatic heterocycles. The highest BCUT2D eigenvalue weighted by Gasteiger charge is 2.05. The number of hydrogen-bond donors (Lipinski definition) is 2. The van der Waals surface area contributed by atoms with Gasteiger partial charge in [-0.05, 0) is 63.0 Å². The van der Waals surface area contributed by atoms with E-state index in [4.69, 9.17) is 11.5 Å². The van der Waals surface area contributed by atoms with E-state index < -0.39 is 0 Å². The summed E-state index contributed by atoms with van der Waals surface area (Å²) in [6.45, 7) is 8.59. The van der Waals surface area contributed by atoms with Crippen molar-refractivity contribution >= 4 is 6.08 Å². The monoisotopic (exact) mass is 275 g/mol. The van der Waals surface area contributed by atoms with Gasteiger partial charge in [-0.25, -0.2) is 0 Å². The summed E-state index contributed by atoms with van der Waals surface area (Å²) >= 11 is 0. The first-order valence-electron chi connectivity index (χ1n) is 7.64. The van der Waals surface area contributed by atoms with Gasteiger partial charge in [0.2, 0.25) is 0 Å². The van der Waals surface area contributed by atoms with Gasteiger partial charge in [0, 0.05) is 6.54 Å². The van der Waals surface area contributed by atoms with Crippen molar-refractivity contribution in [3.63, 3.8) is 0 Å². The van der Waals surface area contributed by atoms with Crippen LogP contribution in [-0.2, 0) is 6.54 Å². The van der Waals surface area contributed by atoms with Crippen LogP contribution in [0.15, 0.2) is 30.8 Å². The van der Waals surface area contributed by atoms with Gasteiger partial charge in [0.1, 0.15) is 0 Å². The van der Waals surface area contributed by atoms with E-state index in [-0.39, 0.29) is 0 Å². The van der Waals surface area contributed by atoms with Gasteiger partial charge in [-0.2, -0.15) is 0 Å². The van der Waals surface area contributed by atoms with Crippen molar-refractivity contribution in [3.8, 4) is 0 Å². The first-order valence-corrected chi connectivity index (χ1v) is 7.64. The van der Waals surface area contributed by atoms with Crippen molar-refractivity contribution < 1.29 is 0 Å². The van der Waals surface area contributed by atoms with Crippen molar-refractivity contribution in [2.75, 3.05) is 26.2 Å². The molecule has 4 N–H and O–H groups in total. The molecule has 0 aliphatic carbocycles. The van der Waals surface area contributed by atoms with Crippen LogP contribution in [0, 0.1) is 0 Å². The third-order valence-electron chi connectivity index (χ3n) is 3.48. The molecule has 0 heterocycles. The fourth-order valence-corrected chi connectivity index (χ4v) is 2.25. The fraction of sp³-hybridized carbons (Fsp3) is 0.529. The summed E-state index contributed by atoms with van der Waals surface area (Å²) in [6.07, 6.45) is 6.42. The van der Waals surface area contributed by atoms with Gasteiger partial charge in [-0.1, -0.05) is 36.9 Å². The van der Waals surface area contributed by atoms with E-state index in [1.165, 1.54) is 24.0 Å². The maximum absolute atomic E-state index is 5.58. The Bertz CT molecular complexity index is 349. The first kappa shape index (κ1) is 16.9. The van der Waals surface area contributed by atoms with Crippen LogP contribution < -0.4 is 11.5 Å². The lowest BCUT2D eigenvalue weighted by molar-refractivity contribution is 0.255. The number of benzene rings is 1. The molecule has 20 heavy (non-hydrogen) atoms. The second kappa shape index (κ2) is 10.6. The van der Waals surface area contributed by atoms with E-state index in [0.29, 0.717) is 0 Å². The van der Waals surface area contributed by atoms with Crippen LogP contribution in [0.4, 0.5) is 0 Å². The molecule has 0 unspecified atom stereocenters. The van der Waals surface area contributed by atoms with Crippen LogP contribution in [0.1, 0.15) is 36.8 Å². The smallest absolute Gasteiger partial charge is 0.0233 e. The highest BCUT2D eigenvalue weighted by atomic mass is 15.1. The lowest BCUT2D eigenvalue weighted by Crippen LogP contribution is -2.26. The summed E-state index contributed by atoms with van der Waals surface area (Å²) in [7, 11) is 0. The maximum atomic E-state index is 5.58. The minimum atomic E-state index is 0.782. The van der Waals surface area contributed by atoms with E-state index in [1.54, 1.807) is 0 Å². The summed E-state index contributed by atoms with van der Waals surface area (Å²) in [4.78, 5) is 2.51. The Morgan fingerprint density at radius 2 is 1.45 bits per heavy atom. The molecule has 0 saturated carbocycles. The molecule has 1 rings (SSSR count). The lowest BCUT2D eigenvalue weighted by atomic mass is 10.1. The minimum Gasteiger partial charge on any atom is -0.330 e. The Labute approximate surface area is 123 Å². The van der Waals surface area contributed by atoms with Gasteiger partial charge >= 0.3 is 0 Å². The Kier molecular flexibility index (Phi) is 8.96. The molecular weight excluding hydrogens is 246 g/mol. The predicted octanol–water partition coefficient (Wildman–Crippen LogP) is 2.61. The lowest BCUT2D eigenvalue weighted by Gasteiger charge is -2.22. The largest absolute Gasteiger partial charge is 0.330 e. The highest BCUT2D eigenvalue weighted by molar-refractivity contribution is 5.47. The van der Waals surface area contributed by atoms with Crippen LogP contribution in [0.3, 0.4) is 0 Å². The van der Waals surface area contributed by atoms with Crippen molar-refractivity contribution in [2.24, 2.45) is 11.5 Å². The van der Waals surface area contributed by atoms with Crippen LogP contribution >= 0.6 is 0 Å². The molecule has 1 aromatic rings. The zero-order chi connectivity index (χ0) is 14.6. The van der Waals surface area contributed by atoms with Crippen LogP contribution in [-0.4, -0.2) is 31.1 Å². The number of nitrogens with zero attached hydrogens (tertiary/aromatic N) is 1. The van der Waals surface area contributed by atoms with E-state index in [2.05, 4.69) is 35.7 Å². The normalized spacial score (nSPS) is 10.9. The third kappa shape index (κ3) is 6.85. The van der Waals surface area contributed by atoms with Gasteiger partial charge in [0.05, 0.1) is 0 Å². The molecule has 0 saturated heterocycles. The van der Waals surface area contributed by atoms with Crippen LogP contribution in [0.25, 0.3) is 6.08 Å². The topological polar surface area (TPSA) is 55.3 Å². The average molecular weight is 275 g/mol. The quantitative estimate of drug-likeness (QED) is 0.610. The number of rotatable bonds is 11. The first-order chi connectivity index (χ1) is 9.80. The second-order valence-corrected chi connectivity index (χ2v) is 5.21. The van der Waals surface area contributed by atoms with Crippen molar-refractivity contribution in [2.45, 2.75) is 32.2 Å². The van der Waals surface area contributed by atoms with Crippen molar-refractivity contribution in [1.29, 1.82) is 0 Å². The third-order valence-corrected chi connectivity index (χ3v) is 3.48. The number of nitrogens with two attached hydrogens (primary N) is 2. The summed E-state index contributed by atoms with van der Waals surface area (Å²) in [5.41, 5.74) is 13.7. The molecule has 3 nitrogen and oxygen atoms in total. The minimum absolute atomic E-state index is 0.782. The van der Waals surface area contributed by atoms with Gasteiger partial charge < -0.3 is 11.5 Å². The Balaban J connectivity index is 2.49. The Morgan fingerprint density at radius 1 is 0.900 bits per heavy atom. The zero-order valence-electron chi connectivity index (χ0n) is 12.6. The number of hydrogen-bond acceptors (Lipinski definition) is 3. The van der Waals surface area contributed by atoms with E-state index in [9.17, 15) is 0 Å². The van der Waals surface area contributed by atoms with Crippen molar-refractivity contribution in [3.05, 3.63) is 42.0 Å². The molecule has 3 heteroatoms. The molecule has 0 atom stereocenters. The molecular formula is C17H29N3. The fourth-order valence-electron chi connectivity index (χ4n) is 2.25. The zero-order valence-corrected chi connectivity index (χ0v) is 12.6. The van der Waals surface area contributed by atoms with Gasteiger partial charge in [0.15, 0.2) is 0 Å². The van der Waals surface area contributed by atoms with Gasteiger partial charge in [-0.15, -0.1) is 0 Å². The summed E-state index contributed by atoms with van der Waals surface area (Å²) < 4.78 is 0. The summed E-state index contributed by atoms with van der Waals surface area (Å²) in [5.74, 6) is 0. The molecule has 0 aliphatic rings. The standard InChI is InChI=1S/C17H29N3/c1-2-16-7-9-17(10-8-16)15-20(13-5-3-11-18)14-6-4-12-19/h2,7-10H,1,3-6,11-15,18-19H2. The molecule has 0 aliphatic heterocycles. The highest BCUT2D eigenvalue weighted by Crippen LogP contribution is 2.10. The van der Waals surface area contributed by atoms with E-state index in [1.807, 2.05) is 6.08 Å². The van der Waals surface area contributed by atoms with E-state index in [0.717, 1.165) is 45.6 Å². The average Bonchev–Trinajstić information content (AvgIpc) is 2.48. The predicted molar refractivity (Wildman–Crippen MR) is 88.4 cm³/mol. The van der Waals surface area contributed by atoms with Crippen LogP contribution in [0.2, 0.25) is 0 Å². The van der Waals surface area contributed by atoms with Gasteiger partial charge in [0.25, 0.3) is 0 Å². The Hall–Kier alpha value is -1.16. The molecule has 0 amide bonds. The molecule has 0 fully saturated rings. The number of unbranched alkanes of at least 4 members (excludes halogenated alkanes) is 2. The van der Waals surface area contributed by atoms with E-state index >= 15 is 0 Å². The summed E-state index contributed by atoms with van der Waals surface area (Å²) in [6, 6.07) is 8.63. The molecule has 0 bridgehead atoms. The van der Waals surface area contributed by atoms with Gasteiger partial charge in [-0.3, -0.25) is 4.90 Å². The molecule has 112 valence electrons. The molecule has 0 spiro atoms. The van der Waals surface area contributed by atoms with Crippen molar-refractivity contribution in [1.82, 2.24) is 4.90 Å². The van der Waals surface area contributed by atoms with Crippen LogP contribution in [0.5, 0.6) is 0 Å². The second-order valence-electron chi connectivity index (χ2n) is 5.21. The molecule has 1 aromatic carbocycles. The molecule has 0 radical (unpaired) electrons. The maximum Gasteiger partial charge on any atom is 0.0233 e. The SMILES string of the molecule is C=Cc1ccc(CN(CCCCN)CCCCN)cc1. The Morgan fingerprint density at radius 3 is 1.90 bits per heavy atom.